The van der Waals surface area contributed by atoms with Gasteiger partial charge in [0, 0.05) is 73.8 Å². The topological polar surface area (TPSA) is 209 Å². The van der Waals surface area contributed by atoms with Crippen LogP contribution in [0, 0.1) is 0 Å². The van der Waals surface area contributed by atoms with E-state index in [9.17, 15) is 24.0 Å². The van der Waals surface area contributed by atoms with Gasteiger partial charge in [-0.05, 0) is 105 Å². The second-order valence-electron chi connectivity index (χ2n) is 18.1. The van der Waals surface area contributed by atoms with Gasteiger partial charge < -0.3 is 26.2 Å². The molecule has 66 heavy (non-hydrogen) atoms. The zero-order chi connectivity index (χ0) is 46.0. The van der Waals surface area contributed by atoms with E-state index in [0.717, 1.165) is 134 Å². The van der Waals surface area contributed by atoms with Crippen molar-refractivity contribution in [1.29, 1.82) is 0 Å². The van der Waals surface area contributed by atoms with Crippen LogP contribution in [0.3, 0.4) is 0 Å². The predicted molar refractivity (Wildman–Crippen MR) is 252 cm³/mol. The maximum atomic E-state index is 13.0. The zero-order valence-electron chi connectivity index (χ0n) is 37.6. The minimum Gasteiger partial charge on any atom is -0.355 e. The number of amides is 5. The first-order valence-corrected chi connectivity index (χ1v) is 24.0. The van der Waals surface area contributed by atoms with Gasteiger partial charge in [0.1, 0.15) is 16.9 Å². The highest BCUT2D eigenvalue weighted by Crippen LogP contribution is 2.31. The van der Waals surface area contributed by atoms with Crippen LogP contribution in [0.5, 0.6) is 0 Å². The third-order valence-corrected chi connectivity index (χ3v) is 13.8. The Labute approximate surface area is 390 Å². The minimum absolute atomic E-state index is 0.0359. The second-order valence-corrected chi connectivity index (χ2v) is 19.2. The minimum atomic E-state index is -0.673. The largest absolute Gasteiger partial charge is 0.355 e. The average Bonchev–Trinajstić information content (AvgIpc) is 3.64. The van der Waals surface area contributed by atoms with Crippen LogP contribution in [0.1, 0.15) is 122 Å². The number of hydrogen-bond acceptors (Lipinski definition) is 13. The number of benzene rings is 2. The SMILES string of the molecule is CC1(N)CCN(c2cnc(Sc3cccc(NC(=O)CCCCCCCCN4CC=C(c5ccc(C(=O)NCc6ccc7c(c6)CN(C6CCC(=O)NC6=O)C7=O)nn5)CC4)c3)cn2)CC1. The first-order valence-electron chi connectivity index (χ1n) is 23.2. The number of nitrogens with two attached hydrogens (primary N) is 1. The number of nitrogens with one attached hydrogen (secondary N) is 3. The number of hydrogen-bond donors (Lipinski definition) is 4. The molecule has 2 aromatic carbocycles. The Hall–Kier alpha value is -6.04. The summed E-state index contributed by atoms with van der Waals surface area (Å²) in [5.41, 5.74) is 11.2. The Kier molecular flexibility index (Phi) is 15.2. The molecule has 5 N–H and O–H groups in total. The van der Waals surface area contributed by atoms with E-state index in [-0.39, 0.29) is 54.4 Å². The molecule has 1 atom stereocenters. The van der Waals surface area contributed by atoms with Gasteiger partial charge in [0.2, 0.25) is 17.7 Å². The summed E-state index contributed by atoms with van der Waals surface area (Å²) >= 11 is 1.53. The fraction of sp³-hybridized carbons (Fsp3) is 0.449. The summed E-state index contributed by atoms with van der Waals surface area (Å²) < 4.78 is 0. The monoisotopic (exact) mass is 913 g/mol. The summed E-state index contributed by atoms with van der Waals surface area (Å²) in [6, 6.07) is 16.1. The van der Waals surface area contributed by atoms with E-state index in [4.69, 9.17) is 5.73 Å². The van der Waals surface area contributed by atoms with Crippen LogP contribution in [0.15, 0.2) is 83.0 Å². The summed E-state index contributed by atoms with van der Waals surface area (Å²) in [5, 5.41) is 17.7. The Morgan fingerprint density at radius 3 is 2.47 bits per heavy atom. The molecule has 16 nitrogen and oxygen atoms in total. The van der Waals surface area contributed by atoms with Crippen LogP contribution >= 0.6 is 11.8 Å². The summed E-state index contributed by atoms with van der Waals surface area (Å²) in [6.45, 7) is 7.22. The number of aromatic nitrogens is 4. The lowest BCUT2D eigenvalue weighted by molar-refractivity contribution is -0.137. The van der Waals surface area contributed by atoms with Crippen molar-refractivity contribution in [3.8, 4) is 0 Å². The van der Waals surface area contributed by atoms with E-state index in [2.05, 4.69) is 58.9 Å². The number of imide groups is 1. The number of piperidine rings is 2. The van der Waals surface area contributed by atoms with E-state index in [1.54, 1.807) is 18.2 Å². The maximum absolute atomic E-state index is 13.0. The fourth-order valence-electron chi connectivity index (χ4n) is 8.86. The van der Waals surface area contributed by atoms with Crippen LogP contribution in [0.2, 0.25) is 0 Å². The fourth-order valence-corrected chi connectivity index (χ4v) is 9.65. The highest BCUT2D eigenvalue weighted by molar-refractivity contribution is 7.99. The molecule has 0 bridgehead atoms. The molecule has 2 fully saturated rings. The molecule has 8 rings (SSSR count). The van der Waals surface area contributed by atoms with Crippen molar-refractivity contribution in [2.75, 3.05) is 42.9 Å². The number of rotatable bonds is 18. The van der Waals surface area contributed by atoms with E-state index < -0.39 is 11.9 Å². The molecule has 2 aromatic heterocycles. The third-order valence-electron chi connectivity index (χ3n) is 12.9. The molecule has 0 spiro atoms. The van der Waals surface area contributed by atoms with Gasteiger partial charge in [0.15, 0.2) is 5.69 Å². The average molecular weight is 914 g/mol. The van der Waals surface area contributed by atoms with E-state index in [1.807, 2.05) is 48.8 Å². The number of anilines is 2. The Morgan fingerprint density at radius 2 is 1.73 bits per heavy atom. The highest BCUT2D eigenvalue weighted by Gasteiger charge is 2.39. The summed E-state index contributed by atoms with van der Waals surface area (Å²) in [7, 11) is 0. The molecule has 5 amide bonds. The number of fused-ring (bicyclic) bond motifs is 1. The Morgan fingerprint density at radius 1 is 0.909 bits per heavy atom. The second kappa shape index (κ2) is 21.5. The maximum Gasteiger partial charge on any atom is 0.272 e. The number of nitrogens with zero attached hydrogens (tertiary/aromatic N) is 7. The van der Waals surface area contributed by atoms with Crippen LogP contribution in [-0.2, 0) is 27.5 Å². The van der Waals surface area contributed by atoms with Gasteiger partial charge in [0.25, 0.3) is 11.8 Å². The predicted octanol–water partition coefficient (Wildman–Crippen LogP) is 5.88. The van der Waals surface area contributed by atoms with Crippen molar-refractivity contribution in [2.45, 2.75) is 119 Å². The van der Waals surface area contributed by atoms with Gasteiger partial charge >= 0.3 is 0 Å². The molecule has 1 unspecified atom stereocenters. The van der Waals surface area contributed by atoms with Gasteiger partial charge in [-0.25, -0.2) is 9.97 Å². The first kappa shape index (κ1) is 46.5. The zero-order valence-corrected chi connectivity index (χ0v) is 38.4. The van der Waals surface area contributed by atoms with Crippen molar-refractivity contribution in [1.82, 2.24) is 40.6 Å². The lowest BCUT2D eigenvalue weighted by atomic mass is 9.91. The van der Waals surface area contributed by atoms with Crippen molar-refractivity contribution in [3.63, 3.8) is 0 Å². The van der Waals surface area contributed by atoms with Crippen LogP contribution in [0.25, 0.3) is 5.57 Å². The van der Waals surface area contributed by atoms with Gasteiger partial charge in [-0.3, -0.25) is 34.2 Å². The Bertz CT molecular complexity index is 2430. The lowest BCUT2D eigenvalue weighted by Gasteiger charge is -2.37. The molecule has 346 valence electrons. The standard InChI is InChI=1S/C49H59N11O5S/c1-49(50)20-25-59(26-21-49)42-30-52-45(31-51-42)66-37-10-8-9-36(28-37)54-43(61)11-6-4-2-3-5-7-22-58-23-18-34(19-24-58)39-14-15-40(57-56-39)46(63)53-29-33-12-13-38-35(27-33)32-60(48(38)65)41-16-17-44(62)55-47(41)64/h8-10,12-15,18,27-28,30-31,41H,2-7,11,16-17,19-26,29,32,50H2,1H3,(H,53,63)(H,54,61)(H,55,62,64). The summed E-state index contributed by atoms with van der Waals surface area (Å²) in [6.07, 6.45) is 16.0. The van der Waals surface area contributed by atoms with Crippen molar-refractivity contribution < 1.29 is 24.0 Å². The number of carbonyl (C=O) groups excluding carboxylic acids is 5. The highest BCUT2D eigenvalue weighted by atomic mass is 32.2. The Balaban J connectivity index is 0.672. The van der Waals surface area contributed by atoms with Crippen LogP contribution in [-0.4, -0.2) is 104 Å². The molecule has 0 saturated carbocycles. The van der Waals surface area contributed by atoms with Crippen molar-refractivity contribution >= 4 is 58.4 Å². The smallest absolute Gasteiger partial charge is 0.272 e. The molecule has 0 radical (unpaired) electrons. The van der Waals surface area contributed by atoms with Gasteiger partial charge in [-0.15, -0.1) is 5.10 Å². The van der Waals surface area contributed by atoms with Crippen LogP contribution in [0.4, 0.5) is 11.5 Å². The molecule has 4 aliphatic rings. The third kappa shape index (κ3) is 12.2. The molecular formula is C49H59N11O5S. The quantitative estimate of drug-likeness (QED) is 0.0680. The first-order chi connectivity index (χ1) is 32.0. The van der Waals surface area contributed by atoms with Crippen molar-refractivity contribution in [2.24, 2.45) is 5.73 Å². The van der Waals surface area contributed by atoms with Gasteiger partial charge in [0.05, 0.1) is 18.1 Å². The normalized spacial score (nSPS) is 18.4. The van der Waals surface area contributed by atoms with Crippen molar-refractivity contribution in [3.05, 3.63) is 101 Å². The van der Waals surface area contributed by atoms with E-state index in [1.165, 1.54) is 16.7 Å². The number of carbonyl (C=O) groups is 5. The lowest BCUT2D eigenvalue weighted by Crippen LogP contribution is -2.52. The molecule has 0 aliphatic carbocycles. The van der Waals surface area contributed by atoms with E-state index in [0.29, 0.717) is 18.4 Å². The summed E-state index contributed by atoms with van der Waals surface area (Å²) in [5.74, 6) is -0.433. The van der Waals surface area contributed by atoms with Crippen LogP contribution < -0.4 is 26.6 Å². The molecular weight excluding hydrogens is 855 g/mol. The van der Waals surface area contributed by atoms with E-state index >= 15 is 0 Å². The van der Waals surface area contributed by atoms with Gasteiger partial charge in [-0.1, -0.05) is 61.7 Å². The molecule has 17 heteroatoms. The number of unbranched alkanes of at least 4 members (excludes halogenated alkanes) is 5. The molecule has 6 heterocycles. The molecule has 4 aromatic rings. The van der Waals surface area contributed by atoms with Gasteiger partial charge in [-0.2, -0.15) is 5.10 Å². The molecule has 2 saturated heterocycles. The summed E-state index contributed by atoms with van der Waals surface area (Å²) in [4.78, 5) is 79.1. The molecule has 4 aliphatic heterocycles.